The van der Waals surface area contributed by atoms with E-state index >= 15 is 0 Å². The van der Waals surface area contributed by atoms with Gasteiger partial charge in [-0.25, -0.2) is 24.0 Å². The van der Waals surface area contributed by atoms with Crippen LogP contribution >= 0.6 is 0 Å². The number of carbonyl (C=O) groups is 8. The van der Waals surface area contributed by atoms with E-state index in [0.717, 1.165) is 56.9 Å². The number of rotatable bonds is 20. The molecule has 70 heavy (non-hydrogen) atoms. The summed E-state index contributed by atoms with van der Waals surface area (Å²) in [6.07, 6.45) is 9.57. The van der Waals surface area contributed by atoms with Crippen molar-refractivity contribution < 1.29 is 76.3 Å². The van der Waals surface area contributed by atoms with Gasteiger partial charge in [-0.3, -0.25) is 14.4 Å². The average Bonchev–Trinajstić information content (AvgIpc) is 3.98. The van der Waals surface area contributed by atoms with Crippen molar-refractivity contribution in [2.45, 2.75) is 123 Å². The average molecular weight is 969 g/mol. The summed E-state index contributed by atoms with van der Waals surface area (Å²) in [7, 11) is 0. The lowest BCUT2D eigenvalue weighted by atomic mass is 9.99. The van der Waals surface area contributed by atoms with Gasteiger partial charge in [0.1, 0.15) is 45.6 Å². The van der Waals surface area contributed by atoms with Crippen molar-refractivity contribution in [2.24, 2.45) is 0 Å². The molecule has 2 aliphatic carbocycles. The number of ketones is 3. The predicted octanol–water partition coefficient (Wildman–Crippen LogP) is 8.99. The minimum atomic E-state index is -0.879. The molecule has 0 heterocycles. The Labute approximate surface area is 409 Å². The van der Waals surface area contributed by atoms with E-state index in [1.165, 1.54) is 36.4 Å². The van der Waals surface area contributed by atoms with Crippen LogP contribution in [-0.2, 0) is 52.6 Å². The highest BCUT2D eigenvalue weighted by atomic mass is 16.6. The molecule has 0 spiro atoms. The van der Waals surface area contributed by atoms with Crippen LogP contribution in [0, 0.1) is 0 Å². The van der Waals surface area contributed by atoms with Crippen molar-refractivity contribution in [2.75, 3.05) is 19.8 Å². The summed E-state index contributed by atoms with van der Waals surface area (Å²) < 4.78 is 41.6. The van der Waals surface area contributed by atoms with Crippen molar-refractivity contribution in [1.29, 1.82) is 0 Å². The molecule has 0 radical (unpaired) electrons. The Kier molecular flexibility index (Phi) is 22.0. The Morgan fingerprint density at radius 3 is 1.23 bits per heavy atom. The number of hydrogen-bond donors (Lipinski definition) is 0. The molecule has 0 atom stereocenters. The molecule has 16 nitrogen and oxygen atoms in total. The molecule has 3 aromatic rings. The van der Waals surface area contributed by atoms with Gasteiger partial charge in [-0.15, -0.1) is 0 Å². The van der Waals surface area contributed by atoms with Gasteiger partial charge in [-0.05, 0) is 166 Å². The van der Waals surface area contributed by atoms with Crippen LogP contribution in [0.1, 0.15) is 112 Å². The van der Waals surface area contributed by atoms with Gasteiger partial charge in [0.25, 0.3) is 17.3 Å². The molecule has 0 aromatic heterocycles. The lowest BCUT2D eigenvalue weighted by Gasteiger charge is -2.27. The Hall–Kier alpha value is -7.36. The van der Waals surface area contributed by atoms with E-state index in [0.29, 0.717) is 46.3 Å². The fourth-order valence-corrected chi connectivity index (χ4v) is 6.56. The van der Waals surface area contributed by atoms with Gasteiger partial charge < -0.3 is 37.9 Å². The maximum Gasteiger partial charge on any atom is 0.378 e. The molecular formula is C54H64O16. The summed E-state index contributed by atoms with van der Waals surface area (Å²) in [4.78, 5) is 93.4. The van der Waals surface area contributed by atoms with Crippen molar-refractivity contribution in [3.05, 3.63) is 109 Å². The van der Waals surface area contributed by atoms with Gasteiger partial charge in [0, 0.05) is 11.1 Å². The summed E-state index contributed by atoms with van der Waals surface area (Å²) in [5.74, 6) is -3.84. The monoisotopic (exact) mass is 968 g/mol. The molecule has 2 aliphatic rings. The molecule has 2 fully saturated rings. The number of Topliss-reactive ketones (excluding diaryl/α,β-unsaturated/α-hetero) is 3. The minimum Gasteiger partial charge on any atom is -0.485 e. The Balaban J connectivity index is 0.000000282. The number of benzene rings is 3. The SMILES string of the molecule is C=C(C)C(=O)Oc1ccc(OCC(=O)C(=O)OC2(C)CCCC2)cc1.C=C(C)C(=O)Oc1ccc(OCC(=O)C(=O)OC2(CC)CCCC2)cc1.C=Cc1ccc(OCC(=O)C(=O)OC(C)(C)C)cc1. The van der Waals surface area contributed by atoms with E-state index < -0.39 is 77.2 Å². The van der Waals surface area contributed by atoms with Crippen LogP contribution in [0.5, 0.6) is 28.7 Å². The van der Waals surface area contributed by atoms with E-state index in [-0.39, 0.29) is 6.61 Å². The third-order valence-electron chi connectivity index (χ3n) is 10.5. The molecule has 3 aromatic carbocycles. The molecule has 0 N–H and O–H groups in total. The zero-order valence-corrected chi connectivity index (χ0v) is 41.1. The number of hydrogen-bond acceptors (Lipinski definition) is 16. The summed E-state index contributed by atoms with van der Waals surface area (Å²) in [5.41, 5.74) is -0.186. The van der Waals surface area contributed by atoms with Gasteiger partial charge >= 0.3 is 29.8 Å². The van der Waals surface area contributed by atoms with Crippen LogP contribution in [0.15, 0.2) is 104 Å². The first-order chi connectivity index (χ1) is 33.0. The van der Waals surface area contributed by atoms with Gasteiger partial charge in [-0.2, -0.15) is 0 Å². The summed E-state index contributed by atoms with van der Waals surface area (Å²) in [6, 6.07) is 19.3. The maximum atomic E-state index is 12.0. The highest BCUT2D eigenvalue weighted by molar-refractivity contribution is 6.35. The van der Waals surface area contributed by atoms with Crippen LogP contribution in [0.3, 0.4) is 0 Å². The Morgan fingerprint density at radius 1 is 0.529 bits per heavy atom. The molecule has 0 bridgehead atoms. The van der Waals surface area contributed by atoms with Crippen molar-refractivity contribution in [1.82, 2.24) is 0 Å². The van der Waals surface area contributed by atoms with Crippen molar-refractivity contribution >= 4 is 53.3 Å². The lowest BCUT2D eigenvalue weighted by molar-refractivity contribution is -0.167. The van der Waals surface area contributed by atoms with Gasteiger partial charge in [0.15, 0.2) is 19.8 Å². The van der Waals surface area contributed by atoms with Crippen LogP contribution in [-0.4, -0.2) is 83.8 Å². The minimum absolute atomic E-state index is 0.292. The fraction of sp³-hybridized carbons (Fsp3) is 0.407. The topological polar surface area (TPSA) is 210 Å². The second kappa shape index (κ2) is 27.0. The largest absolute Gasteiger partial charge is 0.485 e. The lowest BCUT2D eigenvalue weighted by Crippen LogP contribution is -2.36. The first-order valence-electron chi connectivity index (χ1n) is 22.8. The van der Waals surface area contributed by atoms with Crippen molar-refractivity contribution in [3.63, 3.8) is 0 Å². The molecular weight excluding hydrogens is 905 g/mol. The van der Waals surface area contributed by atoms with E-state index in [4.69, 9.17) is 37.9 Å². The first-order valence-corrected chi connectivity index (χ1v) is 22.8. The van der Waals surface area contributed by atoms with Gasteiger partial charge in [0.05, 0.1) is 0 Å². The summed E-state index contributed by atoms with van der Waals surface area (Å²) in [6.45, 7) is 21.5. The molecule has 16 heteroatoms. The molecule has 0 saturated heterocycles. The maximum absolute atomic E-state index is 12.0. The molecule has 0 amide bonds. The second-order valence-corrected chi connectivity index (χ2v) is 17.9. The molecule has 0 unspecified atom stereocenters. The van der Waals surface area contributed by atoms with Gasteiger partial charge in [-0.1, -0.05) is 44.9 Å². The predicted molar refractivity (Wildman–Crippen MR) is 258 cm³/mol. The molecule has 5 rings (SSSR count). The Morgan fingerprint density at radius 2 is 0.871 bits per heavy atom. The molecule has 0 aliphatic heterocycles. The standard InChI is InChI=1S/C20H24O6.C19H22O6.C15H18O4/c1-4-20(11-5-6-12-20)26-19(23)17(21)13-24-15-7-9-16(10-8-15)25-18(22)14(2)3;1-13(2)17(21)24-15-8-6-14(7-9-15)23-12-16(20)18(22)25-19(3)10-4-5-11-19;1-5-11-6-8-12(9-7-11)18-10-13(16)14(17)19-15(2,3)4/h7-10H,2,4-6,11-13H2,1,3H3;6-9H,1,4-5,10-12H2,2-3H3;5-9H,1,10H2,2-4H3. The normalized spacial score (nSPS) is 14.0. The molecule has 376 valence electrons. The zero-order chi connectivity index (χ0) is 52.1. The van der Waals surface area contributed by atoms with E-state index in [2.05, 4.69) is 19.7 Å². The number of carbonyl (C=O) groups excluding carboxylic acids is 8. The third-order valence-corrected chi connectivity index (χ3v) is 10.5. The first kappa shape index (κ1) is 57.0. The van der Waals surface area contributed by atoms with E-state index in [1.54, 1.807) is 77.1 Å². The highest BCUT2D eigenvalue weighted by Crippen LogP contribution is 2.36. The van der Waals surface area contributed by atoms with E-state index in [1.807, 2.05) is 13.8 Å². The van der Waals surface area contributed by atoms with Crippen LogP contribution < -0.4 is 23.7 Å². The fourth-order valence-electron chi connectivity index (χ4n) is 6.56. The third kappa shape index (κ3) is 20.1. The van der Waals surface area contributed by atoms with Crippen LogP contribution in [0.4, 0.5) is 0 Å². The van der Waals surface area contributed by atoms with Crippen LogP contribution in [0.25, 0.3) is 6.08 Å². The smallest absolute Gasteiger partial charge is 0.378 e. The molecule has 2 saturated carbocycles. The number of ether oxygens (including phenoxy) is 8. The highest BCUT2D eigenvalue weighted by Gasteiger charge is 2.38. The zero-order valence-electron chi connectivity index (χ0n) is 41.1. The number of esters is 5. The quantitative estimate of drug-likeness (QED) is 0.0340. The summed E-state index contributed by atoms with van der Waals surface area (Å²) >= 11 is 0. The van der Waals surface area contributed by atoms with Crippen LogP contribution in [0.2, 0.25) is 0 Å². The Bertz CT molecular complexity index is 2340. The van der Waals surface area contributed by atoms with Crippen molar-refractivity contribution in [3.8, 4) is 28.7 Å². The summed E-state index contributed by atoms with van der Waals surface area (Å²) in [5, 5.41) is 0. The van der Waals surface area contributed by atoms with Gasteiger partial charge in [0.2, 0.25) is 0 Å². The second-order valence-electron chi connectivity index (χ2n) is 17.9. The van der Waals surface area contributed by atoms with E-state index in [9.17, 15) is 38.4 Å².